The Labute approximate surface area is 193 Å². The summed E-state index contributed by atoms with van der Waals surface area (Å²) in [7, 11) is 1.52. The van der Waals surface area contributed by atoms with Crippen LogP contribution in [0.4, 0.5) is 0 Å². The summed E-state index contributed by atoms with van der Waals surface area (Å²) in [5.74, 6) is 1.08. The molecule has 1 aliphatic rings. The monoisotopic (exact) mass is 460 g/mol. The summed E-state index contributed by atoms with van der Waals surface area (Å²) in [6.07, 6.45) is 1.79. The van der Waals surface area contributed by atoms with Gasteiger partial charge in [-0.25, -0.2) is 0 Å². The number of rotatable bonds is 11. The maximum Gasteiger partial charge on any atom is 0.223 e. The molecule has 2 N–H and O–H groups in total. The van der Waals surface area contributed by atoms with Crippen molar-refractivity contribution >= 4 is 23.0 Å². The van der Waals surface area contributed by atoms with E-state index in [-0.39, 0.29) is 24.2 Å². The minimum atomic E-state index is -0.664. The molecule has 0 bridgehead atoms. The Kier molecular flexibility index (Phi) is 9.08. The van der Waals surface area contributed by atoms with E-state index in [1.807, 2.05) is 11.4 Å². The van der Waals surface area contributed by atoms with Gasteiger partial charge in [0, 0.05) is 29.4 Å². The van der Waals surface area contributed by atoms with E-state index in [4.69, 9.17) is 9.47 Å². The molecule has 0 saturated carbocycles. The first kappa shape index (κ1) is 24.2. The lowest BCUT2D eigenvalue weighted by Crippen LogP contribution is -2.44. The molecule has 1 aliphatic heterocycles. The quantitative estimate of drug-likeness (QED) is 0.502. The SMILES string of the molecule is COc1cc(C(C)=O)ccc1OCC(O)CN1CCC(C(=O)NCCc2cccs2)CC1. The minimum absolute atomic E-state index is 0.0343. The van der Waals surface area contributed by atoms with Crippen LogP contribution in [0.3, 0.4) is 0 Å². The standard InChI is InChI=1S/C24H32N2O5S/c1-17(27)19-5-6-22(23(14-19)30-2)31-16-20(28)15-26-11-8-18(9-12-26)24(29)25-10-7-21-4-3-13-32-21/h3-6,13-14,18,20,28H,7-12,15-16H2,1-2H3,(H,25,29). The molecule has 7 nitrogen and oxygen atoms in total. The predicted octanol–water partition coefficient (Wildman–Crippen LogP) is 2.77. The summed E-state index contributed by atoms with van der Waals surface area (Å²) in [5.41, 5.74) is 0.549. The molecule has 174 valence electrons. The highest BCUT2D eigenvalue weighted by molar-refractivity contribution is 7.09. The van der Waals surface area contributed by atoms with Crippen LogP contribution < -0.4 is 14.8 Å². The minimum Gasteiger partial charge on any atom is -0.493 e. The van der Waals surface area contributed by atoms with Gasteiger partial charge in [0.25, 0.3) is 0 Å². The molecule has 0 radical (unpaired) electrons. The number of ketones is 1. The molecule has 1 unspecified atom stereocenters. The van der Waals surface area contributed by atoms with Crippen molar-refractivity contribution < 1.29 is 24.2 Å². The molecule has 3 rings (SSSR count). The molecule has 1 aromatic carbocycles. The predicted molar refractivity (Wildman–Crippen MR) is 125 cm³/mol. The Morgan fingerprint density at radius 1 is 1.25 bits per heavy atom. The fourth-order valence-electron chi connectivity index (χ4n) is 3.83. The zero-order chi connectivity index (χ0) is 22.9. The molecule has 8 heteroatoms. The van der Waals surface area contributed by atoms with Crippen LogP contribution in [-0.4, -0.2) is 67.7 Å². The van der Waals surface area contributed by atoms with Gasteiger partial charge in [0.2, 0.25) is 5.91 Å². The summed E-state index contributed by atoms with van der Waals surface area (Å²) in [6.45, 7) is 4.33. The molecule has 0 spiro atoms. The van der Waals surface area contributed by atoms with Crippen LogP contribution in [0.5, 0.6) is 11.5 Å². The summed E-state index contributed by atoms with van der Waals surface area (Å²) in [5, 5.41) is 15.5. The number of amides is 1. The number of piperidine rings is 1. The zero-order valence-electron chi connectivity index (χ0n) is 18.7. The van der Waals surface area contributed by atoms with Crippen molar-refractivity contribution in [2.24, 2.45) is 5.92 Å². The highest BCUT2D eigenvalue weighted by Gasteiger charge is 2.26. The number of Topliss-reactive ketones (excluding diaryl/α,β-unsaturated/α-hetero) is 1. The molecule has 1 fully saturated rings. The Bertz CT molecular complexity index is 879. The van der Waals surface area contributed by atoms with Gasteiger partial charge in [0.1, 0.15) is 12.7 Å². The number of nitrogens with one attached hydrogen (secondary N) is 1. The lowest BCUT2D eigenvalue weighted by atomic mass is 9.95. The van der Waals surface area contributed by atoms with E-state index in [1.54, 1.807) is 29.5 Å². The number of β-amino-alcohol motifs (C(OH)–C–C–N with tert-alkyl or cyclic N) is 1. The highest BCUT2D eigenvalue weighted by Crippen LogP contribution is 2.28. The summed E-state index contributed by atoms with van der Waals surface area (Å²) in [4.78, 5) is 27.4. The second kappa shape index (κ2) is 12.0. The largest absolute Gasteiger partial charge is 0.493 e. The first-order chi connectivity index (χ1) is 15.5. The molecular formula is C24H32N2O5S. The number of benzene rings is 1. The summed E-state index contributed by atoms with van der Waals surface area (Å²) in [6, 6.07) is 9.12. The maximum absolute atomic E-state index is 12.4. The summed E-state index contributed by atoms with van der Waals surface area (Å²) < 4.78 is 11.0. The van der Waals surface area contributed by atoms with Crippen LogP contribution in [-0.2, 0) is 11.2 Å². The van der Waals surface area contributed by atoms with Gasteiger partial charge in [-0.1, -0.05) is 6.07 Å². The number of aliphatic hydroxyl groups is 1. The van der Waals surface area contributed by atoms with Crippen molar-refractivity contribution in [3.63, 3.8) is 0 Å². The number of methoxy groups -OCH3 is 1. The maximum atomic E-state index is 12.4. The van der Waals surface area contributed by atoms with Gasteiger partial charge in [-0.15, -0.1) is 11.3 Å². The number of hydrogen-bond donors (Lipinski definition) is 2. The van der Waals surface area contributed by atoms with E-state index < -0.39 is 6.10 Å². The number of carbonyl (C=O) groups excluding carboxylic acids is 2. The average molecular weight is 461 g/mol. The third kappa shape index (κ3) is 7.05. The number of carbonyl (C=O) groups is 2. The van der Waals surface area contributed by atoms with Crippen LogP contribution in [0.2, 0.25) is 0 Å². The lowest BCUT2D eigenvalue weighted by Gasteiger charge is -2.32. The van der Waals surface area contributed by atoms with Gasteiger partial charge in [-0.05, 0) is 68.9 Å². The smallest absolute Gasteiger partial charge is 0.223 e. The number of likely N-dealkylation sites (tertiary alicyclic amines) is 1. The third-order valence-corrected chi connectivity index (χ3v) is 6.62. The van der Waals surface area contributed by atoms with Gasteiger partial charge in [-0.2, -0.15) is 0 Å². The Balaban J connectivity index is 1.36. The second-order valence-corrected chi connectivity index (χ2v) is 9.11. The first-order valence-corrected chi connectivity index (χ1v) is 11.9. The van der Waals surface area contributed by atoms with Gasteiger partial charge in [0.05, 0.1) is 7.11 Å². The van der Waals surface area contributed by atoms with Crippen molar-refractivity contribution in [2.45, 2.75) is 32.3 Å². The fraction of sp³-hybridized carbons (Fsp3) is 0.500. The molecule has 1 atom stereocenters. The van der Waals surface area contributed by atoms with E-state index >= 15 is 0 Å². The number of aliphatic hydroxyl groups excluding tert-OH is 1. The highest BCUT2D eigenvalue weighted by atomic mass is 32.1. The van der Waals surface area contributed by atoms with Crippen molar-refractivity contribution in [3.05, 3.63) is 46.2 Å². The van der Waals surface area contributed by atoms with Gasteiger partial charge >= 0.3 is 0 Å². The van der Waals surface area contributed by atoms with Crippen molar-refractivity contribution in [3.8, 4) is 11.5 Å². The second-order valence-electron chi connectivity index (χ2n) is 8.08. The molecule has 32 heavy (non-hydrogen) atoms. The van der Waals surface area contributed by atoms with Crippen LogP contribution in [0.25, 0.3) is 0 Å². The van der Waals surface area contributed by atoms with Crippen LogP contribution in [0, 0.1) is 5.92 Å². The molecule has 0 aliphatic carbocycles. The van der Waals surface area contributed by atoms with Gasteiger partial charge in [-0.3, -0.25) is 9.59 Å². The normalized spacial score (nSPS) is 15.8. The van der Waals surface area contributed by atoms with Crippen LogP contribution in [0.15, 0.2) is 35.7 Å². The van der Waals surface area contributed by atoms with Gasteiger partial charge < -0.3 is 24.8 Å². The first-order valence-electron chi connectivity index (χ1n) is 11.0. The number of thiophene rings is 1. The molecule has 1 aromatic heterocycles. The number of ether oxygens (including phenoxy) is 2. The van der Waals surface area contributed by atoms with Gasteiger partial charge in [0.15, 0.2) is 17.3 Å². The van der Waals surface area contributed by atoms with Crippen molar-refractivity contribution in [1.82, 2.24) is 10.2 Å². The molecule has 2 aromatic rings. The van der Waals surface area contributed by atoms with Crippen molar-refractivity contribution in [1.29, 1.82) is 0 Å². The average Bonchev–Trinajstić information content (AvgIpc) is 3.31. The number of hydrogen-bond acceptors (Lipinski definition) is 7. The topological polar surface area (TPSA) is 88.1 Å². The molecular weight excluding hydrogens is 428 g/mol. The van der Waals surface area contributed by atoms with E-state index in [9.17, 15) is 14.7 Å². The third-order valence-electron chi connectivity index (χ3n) is 5.68. The van der Waals surface area contributed by atoms with E-state index in [0.717, 1.165) is 32.4 Å². The zero-order valence-corrected chi connectivity index (χ0v) is 19.5. The van der Waals surface area contributed by atoms with E-state index in [2.05, 4.69) is 16.3 Å². The fourth-order valence-corrected chi connectivity index (χ4v) is 4.54. The molecule has 2 heterocycles. The van der Waals surface area contributed by atoms with Crippen LogP contribution in [0.1, 0.15) is 35.0 Å². The van der Waals surface area contributed by atoms with Crippen molar-refractivity contribution in [2.75, 3.05) is 39.9 Å². The summed E-state index contributed by atoms with van der Waals surface area (Å²) >= 11 is 1.71. The van der Waals surface area contributed by atoms with E-state index in [0.29, 0.717) is 30.2 Å². The Morgan fingerprint density at radius 2 is 2.03 bits per heavy atom. The Morgan fingerprint density at radius 3 is 2.69 bits per heavy atom. The number of nitrogens with zero attached hydrogens (tertiary/aromatic N) is 1. The lowest BCUT2D eigenvalue weighted by molar-refractivity contribution is -0.126. The Hall–Kier alpha value is -2.42. The molecule has 1 saturated heterocycles. The molecule has 1 amide bonds. The van der Waals surface area contributed by atoms with Crippen LogP contribution >= 0.6 is 11.3 Å². The van der Waals surface area contributed by atoms with E-state index in [1.165, 1.54) is 18.9 Å².